The molecule has 0 aliphatic carbocycles. The van der Waals surface area contributed by atoms with Crippen molar-refractivity contribution in [2.75, 3.05) is 18.4 Å². The van der Waals surface area contributed by atoms with Gasteiger partial charge in [0, 0.05) is 30.4 Å². The molecule has 3 amide bonds. The van der Waals surface area contributed by atoms with Gasteiger partial charge in [-0.25, -0.2) is 9.59 Å². The molecule has 0 aromatic heterocycles. The van der Waals surface area contributed by atoms with Gasteiger partial charge in [-0.3, -0.25) is 4.90 Å². The second-order valence-corrected chi connectivity index (χ2v) is 9.64. The van der Waals surface area contributed by atoms with E-state index in [1.165, 1.54) is 0 Å². The number of nitrogens with one attached hydrogen (secondary N) is 1. The lowest BCUT2D eigenvalue weighted by molar-refractivity contribution is -0.000155. The van der Waals surface area contributed by atoms with Gasteiger partial charge < -0.3 is 20.7 Å². The molecule has 0 spiro atoms. The number of anilines is 1. The van der Waals surface area contributed by atoms with Crippen LogP contribution in [0.3, 0.4) is 0 Å². The summed E-state index contributed by atoms with van der Waals surface area (Å²) in [5.41, 5.74) is 6.28. The van der Waals surface area contributed by atoms with Gasteiger partial charge in [0.15, 0.2) is 0 Å². The minimum atomic E-state index is -0.625. The van der Waals surface area contributed by atoms with E-state index in [4.69, 9.17) is 10.5 Å². The van der Waals surface area contributed by atoms with Crippen LogP contribution >= 0.6 is 0 Å². The van der Waals surface area contributed by atoms with Crippen LogP contribution in [0.15, 0.2) is 24.3 Å². The molecule has 0 unspecified atom stereocenters. The smallest absolute Gasteiger partial charge is 0.410 e. The van der Waals surface area contributed by atoms with E-state index in [0.29, 0.717) is 12.2 Å². The van der Waals surface area contributed by atoms with E-state index in [0.717, 1.165) is 31.5 Å². The summed E-state index contributed by atoms with van der Waals surface area (Å²) in [6.45, 7) is 14.4. The van der Waals surface area contributed by atoms with E-state index in [-0.39, 0.29) is 17.7 Å². The molecule has 1 aromatic rings. The Kier molecular flexibility index (Phi) is 7.16. The van der Waals surface area contributed by atoms with E-state index in [2.05, 4.69) is 31.0 Å². The first-order chi connectivity index (χ1) is 13.4. The van der Waals surface area contributed by atoms with E-state index < -0.39 is 11.6 Å². The first kappa shape index (κ1) is 23.0. The van der Waals surface area contributed by atoms with Gasteiger partial charge in [0.2, 0.25) is 0 Å². The van der Waals surface area contributed by atoms with Crippen molar-refractivity contribution in [1.29, 1.82) is 0 Å². The van der Waals surface area contributed by atoms with Gasteiger partial charge in [-0.2, -0.15) is 0 Å². The minimum Gasteiger partial charge on any atom is -0.444 e. The zero-order chi connectivity index (χ0) is 21.8. The maximum Gasteiger partial charge on any atom is 0.410 e. The number of hydrogen-bond donors (Lipinski definition) is 2. The molecule has 7 heteroatoms. The number of ether oxygens (including phenoxy) is 1. The van der Waals surface area contributed by atoms with Gasteiger partial charge in [-0.1, -0.05) is 18.2 Å². The van der Waals surface area contributed by atoms with Gasteiger partial charge in [0.05, 0.1) is 6.54 Å². The van der Waals surface area contributed by atoms with Crippen molar-refractivity contribution in [1.82, 2.24) is 9.80 Å². The quantitative estimate of drug-likeness (QED) is 0.788. The molecule has 1 fully saturated rings. The summed E-state index contributed by atoms with van der Waals surface area (Å²) in [6, 6.07) is 6.85. The SMILES string of the molecule is CC(C)(C)OC(=O)N(Cc1ccccc1NC(N)=O)C1CCN(C(C)(C)C)CC1. The predicted octanol–water partition coefficient (Wildman–Crippen LogP) is 4.18. The minimum absolute atomic E-state index is 0.0742. The summed E-state index contributed by atoms with van der Waals surface area (Å²) in [7, 11) is 0. The van der Waals surface area contributed by atoms with E-state index in [9.17, 15) is 9.59 Å². The molecule has 1 aliphatic rings. The Hall–Kier alpha value is -2.28. The number of likely N-dealkylation sites (tertiary alicyclic amines) is 1. The van der Waals surface area contributed by atoms with Crippen molar-refractivity contribution >= 4 is 17.8 Å². The van der Waals surface area contributed by atoms with Gasteiger partial charge in [-0.15, -0.1) is 0 Å². The number of nitrogens with zero attached hydrogens (tertiary/aromatic N) is 2. The van der Waals surface area contributed by atoms with E-state index >= 15 is 0 Å². The highest BCUT2D eigenvalue weighted by atomic mass is 16.6. The molecule has 1 saturated heterocycles. The number of amides is 3. The lowest BCUT2D eigenvalue weighted by atomic mass is 9.97. The van der Waals surface area contributed by atoms with Crippen molar-refractivity contribution in [2.24, 2.45) is 5.73 Å². The Balaban J connectivity index is 2.23. The van der Waals surface area contributed by atoms with Crippen LogP contribution in [0.25, 0.3) is 0 Å². The molecule has 1 aliphatic heterocycles. The second-order valence-electron chi connectivity index (χ2n) is 9.64. The maximum atomic E-state index is 13.1. The molecule has 1 aromatic carbocycles. The Morgan fingerprint density at radius 3 is 2.24 bits per heavy atom. The Morgan fingerprint density at radius 1 is 1.14 bits per heavy atom. The van der Waals surface area contributed by atoms with Crippen LogP contribution in [0.4, 0.5) is 15.3 Å². The highest BCUT2D eigenvalue weighted by Gasteiger charge is 2.34. The number of primary amides is 1. The summed E-state index contributed by atoms with van der Waals surface area (Å²) in [5, 5.41) is 2.65. The third kappa shape index (κ3) is 6.92. The first-order valence-corrected chi connectivity index (χ1v) is 10.3. The Bertz CT molecular complexity index is 714. The van der Waals surface area contributed by atoms with Gasteiger partial charge in [0.1, 0.15) is 5.60 Å². The average molecular weight is 405 g/mol. The van der Waals surface area contributed by atoms with Crippen LogP contribution in [0, 0.1) is 0 Å². The molecular weight excluding hydrogens is 368 g/mol. The molecule has 162 valence electrons. The number of carbonyl (C=O) groups excluding carboxylic acids is 2. The molecule has 3 N–H and O–H groups in total. The topological polar surface area (TPSA) is 87.9 Å². The van der Waals surface area contributed by atoms with Crippen molar-refractivity contribution in [3.63, 3.8) is 0 Å². The number of rotatable bonds is 4. The number of hydrogen-bond acceptors (Lipinski definition) is 4. The van der Waals surface area contributed by atoms with Crippen LogP contribution in [0.2, 0.25) is 0 Å². The number of nitrogens with two attached hydrogens (primary N) is 1. The molecular formula is C22H36N4O3. The van der Waals surface area contributed by atoms with Crippen LogP contribution in [0.1, 0.15) is 59.9 Å². The summed E-state index contributed by atoms with van der Waals surface area (Å²) in [4.78, 5) is 28.7. The largest absolute Gasteiger partial charge is 0.444 e. The number of urea groups is 1. The monoisotopic (exact) mass is 404 g/mol. The van der Waals surface area contributed by atoms with Crippen LogP contribution in [0.5, 0.6) is 0 Å². The molecule has 0 saturated carbocycles. The van der Waals surface area contributed by atoms with Crippen molar-refractivity contribution in [3.05, 3.63) is 29.8 Å². The first-order valence-electron chi connectivity index (χ1n) is 10.3. The van der Waals surface area contributed by atoms with Crippen LogP contribution in [-0.4, -0.2) is 52.2 Å². The van der Waals surface area contributed by atoms with Gasteiger partial charge >= 0.3 is 12.1 Å². The van der Waals surface area contributed by atoms with Crippen molar-refractivity contribution < 1.29 is 14.3 Å². The molecule has 0 radical (unpaired) electrons. The predicted molar refractivity (Wildman–Crippen MR) is 116 cm³/mol. The summed E-state index contributed by atoms with van der Waals surface area (Å²) < 4.78 is 5.70. The van der Waals surface area contributed by atoms with Crippen molar-refractivity contribution in [2.45, 2.75) is 78.1 Å². The van der Waals surface area contributed by atoms with Gasteiger partial charge in [-0.05, 0) is 66.0 Å². The molecule has 0 atom stereocenters. The average Bonchev–Trinajstić information content (AvgIpc) is 2.58. The third-order valence-corrected chi connectivity index (χ3v) is 5.10. The number of carbonyl (C=O) groups is 2. The number of para-hydroxylation sites is 1. The van der Waals surface area contributed by atoms with Crippen LogP contribution in [-0.2, 0) is 11.3 Å². The molecule has 2 rings (SSSR count). The summed E-state index contributed by atoms with van der Waals surface area (Å²) >= 11 is 0. The molecule has 1 heterocycles. The van der Waals surface area contributed by atoms with E-state index in [1.807, 2.05) is 39.0 Å². The fraction of sp³-hybridized carbons (Fsp3) is 0.636. The molecule has 7 nitrogen and oxygen atoms in total. The fourth-order valence-electron chi connectivity index (χ4n) is 3.61. The lowest BCUT2D eigenvalue weighted by Crippen LogP contribution is -2.52. The number of benzene rings is 1. The zero-order valence-electron chi connectivity index (χ0n) is 18.6. The molecule has 29 heavy (non-hydrogen) atoms. The Labute approximate surface area is 174 Å². The highest BCUT2D eigenvalue weighted by Crippen LogP contribution is 2.27. The second kappa shape index (κ2) is 9.03. The van der Waals surface area contributed by atoms with Crippen LogP contribution < -0.4 is 11.1 Å². The van der Waals surface area contributed by atoms with E-state index in [1.54, 1.807) is 11.0 Å². The highest BCUT2D eigenvalue weighted by molar-refractivity contribution is 5.88. The third-order valence-electron chi connectivity index (χ3n) is 5.10. The normalized spacial score (nSPS) is 16.3. The van der Waals surface area contributed by atoms with Crippen molar-refractivity contribution in [3.8, 4) is 0 Å². The standard InChI is InChI=1S/C22H36N4O3/c1-21(2,3)25-13-11-17(12-14-25)26(20(28)29-22(4,5)6)15-16-9-7-8-10-18(16)24-19(23)27/h7-10,17H,11-15H2,1-6H3,(H3,23,24,27). The summed E-state index contributed by atoms with van der Waals surface area (Å²) in [6.07, 6.45) is 1.42. The van der Waals surface area contributed by atoms with Gasteiger partial charge in [0.25, 0.3) is 0 Å². The maximum absolute atomic E-state index is 13.1. The molecule has 0 bridgehead atoms. The Morgan fingerprint density at radius 2 is 1.72 bits per heavy atom. The summed E-state index contributed by atoms with van der Waals surface area (Å²) in [5.74, 6) is 0. The lowest BCUT2D eigenvalue weighted by Gasteiger charge is -2.44. The number of piperidine rings is 1. The zero-order valence-corrected chi connectivity index (χ0v) is 18.6. The fourth-order valence-corrected chi connectivity index (χ4v) is 3.61.